The summed E-state index contributed by atoms with van der Waals surface area (Å²) in [5, 5.41) is 7.57. The summed E-state index contributed by atoms with van der Waals surface area (Å²) in [4.78, 5) is 9.04. The minimum absolute atomic E-state index is 0.457. The molecule has 0 radical (unpaired) electrons. The molecule has 3 rings (SSSR count). The largest absolute Gasteiger partial charge is 0.316 e. The van der Waals surface area contributed by atoms with Crippen molar-refractivity contribution < 1.29 is 0 Å². The van der Waals surface area contributed by atoms with E-state index in [1.54, 1.807) is 10.9 Å². The number of aromatic nitrogens is 4. The van der Waals surface area contributed by atoms with Gasteiger partial charge in [0.1, 0.15) is 16.9 Å². The van der Waals surface area contributed by atoms with Crippen molar-refractivity contribution >= 4 is 11.0 Å². The number of hydrogen-bond acceptors (Lipinski definition) is 4. The second-order valence-corrected chi connectivity index (χ2v) is 4.31. The lowest BCUT2D eigenvalue weighted by Gasteiger charge is -2.21. The van der Waals surface area contributed by atoms with Gasteiger partial charge in [-0.25, -0.2) is 9.97 Å². The molecule has 0 aromatic carbocycles. The van der Waals surface area contributed by atoms with Gasteiger partial charge in [0.2, 0.25) is 0 Å². The molecule has 84 valence electrons. The van der Waals surface area contributed by atoms with Gasteiger partial charge >= 0.3 is 0 Å². The van der Waals surface area contributed by atoms with Gasteiger partial charge in [0, 0.05) is 19.5 Å². The second kappa shape index (κ2) is 3.83. The van der Waals surface area contributed by atoms with E-state index in [4.69, 9.17) is 0 Å². The van der Waals surface area contributed by atoms with Crippen molar-refractivity contribution in [1.82, 2.24) is 25.1 Å². The molecule has 1 aliphatic heterocycles. The monoisotopic (exact) mass is 217 g/mol. The Morgan fingerprint density at radius 1 is 1.44 bits per heavy atom. The van der Waals surface area contributed by atoms with Crippen molar-refractivity contribution in [2.24, 2.45) is 7.05 Å². The lowest BCUT2D eigenvalue weighted by molar-refractivity contribution is 0.447. The van der Waals surface area contributed by atoms with E-state index in [1.165, 1.54) is 12.8 Å². The summed E-state index contributed by atoms with van der Waals surface area (Å²) in [5.74, 6) is 1.41. The van der Waals surface area contributed by atoms with Crippen molar-refractivity contribution in [3.63, 3.8) is 0 Å². The third-order valence-corrected chi connectivity index (χ3v) is 3.18. The molecular formula is C11H15N5. The summed E-state index contributed by atoms with van der Waals surface area (Å²) in [6.07, 6.45) is 6.06. The van der Waals surface area contributed by atoms with Crippen molar-refractivity contribution in [2.75, 3.05) is 13.1 Å². The Morgan fingerprint density at radius 3 is 3.19 bits per heavy atom. The SMILES string of the molecule is Cn1ncc2nc(C3CCCNC3)ncc21. The molecule has 16 heavy (non-hydrogen) atoms. The standard InChI is InChI=1S/C11H15N5/c1-16-10-7-13-11(15-9(10)6-14-16)8-3-2-4-12-5-8/h6-8,12H,2-5H2,1H3. The number of nitrogens with one attached hydrogen (secondary N) is 1. The zero-order valence-corrected chi connectivity index (χ0v) is 9.35. The Hall–Kier alpha value is -1.49. The number of piperidine rings is 1. The molecule has 0 spiro atoms. The van der Waals surface area contributed by atoms with E-state index in [0.29, 0.717) is 5.92 Å². The molecule has 3 heterocycles. The van der Waals surface area contributed by atoms with Crippen LogP contribution < -0.4 is 5.32 Å². The topological polar surface area (TPSA) is 55.6 Å². The molecule has 1 aliphatic rings. The first-order valence-corrected chi connectivity index (χ1v) is 5.70. The Morgan fingerprint density at radius 2 is 2.38 bits per heavy atom. The average Bonchev–Trinajstić information content (AvgIpc) is 2.72. The molecule has 5 heteroatoms. The Labute approximate surface area is 93.9 Å². The average molecular weight is 217 g/mol. The number of fused-ring (bicyclic) bond motifs is 1. The number of rotatable bonds is 1. The van der Waals surface area contributed by atoms with E-state index >= 15 is 0 Å². The van der Waals surface area contributed by atoms with Crippen molar-refractivity contribution in [2.45, 2.75) is 18.8 Å². The number of aryl methyl sites for hydroxylation is 1. The van der Waals surface area contributed by atoms with Crippen LogP contribution in [-0.2, 0) is 7.05 Å². The van der Waals surface area contributed by atoms with E-state index in [0.717, 1.165) is 29.9 Å². The van der Waals surface area contributed by atoms with Gasteiger partial charge in [0.05, 0.1) is 12.4 Å². The normalized spacial score (nSPS) is 21.4. The zero-order chi connectivity index (χ0) is 11.0. The smallest absolute Gasteiger partial charge is 0.133 e. The maximum absolute atomic E-state index is 4.59. The molecular weight excluding hydrogens is 202 g/mol. The molecule has 1 atom stereocenters. The van der Waals surface area contributed by atoms with Crippen LogP contribution in [-0.4, -0.2) is 32.8 Å². The summed E-state index contributed by atoms with van der Waals surface area (Å²) in [5.41, 5.74) is 1.94. The minimum atomic E-state index is 0.457. The predicted molar refractivity (Wildman–Crippen MR) is 61.1 cm³/mol. The van der Waals surface area contributed by atoms with E-state index < -0.39 is 0 Å². The third kappa shape index (κ3) is 1.57. The quantitative estimate of drug-likeness (QED) is 0.768. The lowest BCUT2D eigenvalue weighted by Crippen LogP contribution is -2.29. The van der Waals surface area contributed by atoms with E-state index in [-0.39, 0.29) is 0 Å². The molecule has 0 bridgehead atoms. The molecule has 1 N–H and O–H groups in total. The molecule has 2 aromatic rings. The van der Waals surface area contributed by atoms with Crippen LogP contribution in [0.1, 0.15) is 24.6 Å². The van der Waals surface area contributed by atoms with Crippen molar-refractivity contribution in [3.8, 4) is 0 Å². The second-order valence-electron chi connectivity index (χ2n) is 4.31. The summed E-state index contributed by atoms with van der Waals surface area (Å²) >= 11 is 0. The first kappa shape index (κ1) is 9.72. The van der Waals surface area contributed by atoms with Crippen LogP contribution in [0.25, 0.3) is 11.0 Å². The van der Waals surface area contributed by atoms with E-state index in [9.17, 15) is 0 Å². The van der Waals surface area contributed by atoms with Gasteiger partial charge in [-0.1, -0.05) is 0 Å². The first-order valence-electron chi connectivity index (χ1n) is 5.70. The van der Waals surface area contributed by atoms with Gasteiger partial charge in [-0.15, -0.1) is 0 Å². The Bertz CT molecular complexity index is 498. The van der Waals surface area contributed by atoms with Crippen LogP contribution in [0.2, 0.25) is 0 Å². The van der Waals surface area contributed by atoms with E-state index in [2.05, 4.69) is 20.4 Å². The van der Waals surface area contributed by atoms with Crippen LogP contribution in [0, 0.1) is 0 Å². The third-order valence-electron chi connectivity index (χ3n) is 3.18. The number of nitrogens with zero attached hydrogens (tertiary/aromatic N) is 4. The zero-order valence-electron chi connectivity index (χ0n) is 9.35. The van der Waals surface area contributed by atoms with Crippen LogP contribution in [0.3, 0.4) is 0 Å². The molecule has 5 nitrogen and oxygen atoms in total. The molecule has 0 saturated carbocycles. The summed E-state index contributed by atoms with van der Waals surface area (Å²) in [6, 6.07) is 0. The highest BCUT2D eigenvalue weighted by Gasteiger charge is 2.18. The van der Waals surface area contributed by atoms with Gasteiger partial charge in [-0.3, -0.25) is 4.68 Å². The fourth-order valence-corrected chi connectivity index (χ4v) is 2.22. The van der Waals surface area contributed by atoms with Gasteiger partial charge in [0.25, 0.3) is 0 Å². The minimum Gasteiger partial charge on any atom is -0.316 e. The van der Waals surface area contributed by atoms with Crippen LogP contribution in [0.15, 0.2) is 12.4 Å². The highest BCUT2D eigenvalue weighted by Crippen LogP contribution is 2.21. The van der Waals surface area contributed by atoms with Crippen LogP contribution in [0.5, 0.6) is 0 Å². The summed E-state index contributed by atoms with van der Waals surface area (Å²) < 4.78 is 1.80. The van der Waals surface area contributed by atoms with Gasteiger partial charge in [0.15, 0.2) is 0 Å². The van der Waals surface area contributed by atoms with Crippen LogP contribution in [0.4, 0.5) is 0 Å². The molecule has 0 aliphatic carbocycles. The molecule has 0 amide bonds. The van der Waals surface area contributed by atoms with Gasteiger partial charge < -0.3 is 5.32 Å². The summed E-state index contributed by atoms with van der Waals surface area (Å²) in [7, 11) is 1.91. The highest BCUT2D eigenvalue weighted by molar-refractivity contribution is 5.72. The lowest BCUT2D eigenvalue weighted by atomic mass is 9.99. The maximum atomic E-state index is 4.59. The Kier molecular flexibility index (Phi) is 2.32. The number of hydrogen-bond donors (Lipinski definition) is 1. The molecule has 1 unspecified atom stereocenters. The van der Waals surface area contributed by atoms with Gasteiger partial charge in [-0.05, 0) is 19.4 Å². The molecule has 1 fully saturated rings. The maximum Gasteiger partial charge on any atom is 0.133 e. The van der Waals surface area contributed by atoms with Crippen LogP contribution >= 0.6 is 0 Å². The highest BCUT2D eigenvalue weighted by atomic mass is 15.3. The summed E-state index contributed by atoms with van der Waals surface area (Å²) in [6.45, 7) is 2.11. The molecule has 1 saturated heterocycles. The van der Waals surface area contributed by atoms with Gasteiger partial charge in [-0.2, -0.15) is 5.10 Å². The predicted octanol–water partition coefficient (Wildman–Crippen LogP) is 0.830. The van der Waals surface area contributed by atoms with Crippen molar-refractivity contribution in [3.05, 3.63) is 18.2 Å². The fraction of sp³-hybridized carbons (Fsp3) is 0.545. The fourth-order valence-electron chi connectivity index (χ4n) is 2.22. The molecule has 2 aromatic heterocycles. The van der Waals surface area contributed by atoms with Crippen molar-refractivity contribution in [1.29, 1.82) is 0 Å². The Balaban J connectivity index is 1.97. The van der Waals surface area contributed by atoms with E-state index in [1.807, 2.05) is 13.2 Å². The first-order chi connectivity index (χ1) is 7.84.